The van der Waals surface area contributed by atoms with Gasteiger partial charge in [0.1, 0.15) is 0 Å². The van der Waals surface area contributed by atoms with Crippen LogP contribution < -0.4 is 4.72 Å². The van der Waals surface area contributed by atoms with Gasteiger partial charge in [0.25, 0.3) is 5.91 Å². The number of aryl methyl sites for hydroxylation is 1. The van der Waals surface area contributed by atoms with Crippen molar-refractivity contribution in [2.75, 3.05) is 6.26 Å². The van der Waals surface area contributed by atoms with E-state index in [1.54, 1.807) is 12.1 Å². The molecule has 0 aliphatic heterocycles. The molecule has 1 amide bonds. The van der Waals surface area contributed by atoms with E-state index in [1.807, 2.05) is 48.0 Å². The molecule has 0 unspecified atom stereocenters. The van der Waals surface area contributed by atoms with Crippen molar-refractivity contribution in [1.29, 1.82) is 0 Å². The summed E-state index contributed by atoms with van der Waals surface area (Å²) in [6.07, 6.45) is 0.954. The van der Waals surface area contributed by atoms with Crippen LogP contribution in [0.2, 0.25) is 0 Å². The van der Waals surface area contributed by atoms with Crippen LogP contribution in [0.4, 0.5) is 0 Å². The summed E-state index contributed by atoms with van der Waals surface area (Å²) >= 11 is 0. The van der Waals surface area contributed by atoms with Crippen molar-refractivity contribution in [2.24, 2.45) is 0 Å². The van der Waals surface area contributed by atoms with Crippen LogP contribution in [0.3, 0.4) is 0 Å². The summed E-state index contributed by atoms with van der Waals surface area (Å²) in [4.78, 5) is 11.8. The number of rotatable bonds is 3. The molecule has 1 N–H and O–H groups in total. The first kappa shape index (κ1) is 14.3. The molecular formula is C15H15NO3S. The van der Waals surface area contributed by atoms with Gasteiger partial charge in [-0.1, -0.05) is 36.4 Å². The van der Waals surface area contributed by atoms with Crippen LogP contribution in [0.15, 0.2) is 48.5 Å². The molecule has 0 aliphatic rings. The second-order valence-corrected chi connectivity index (χ2v) is 6.35. The van der Waals surface area contributed by atoms with E-state index in [1.165, 1.54) is 0 Å². The van der Waals surface area contributed by atoms with Gasteiger partial charge < -0.3 is 0 Å². The second-order valence-electron chi connectivity index (χ2n) is 4.60. The molecule has 0 bridgehead atoms. The fourth-order valence-electron chi connectivity index (χ4n) is 1.97. The average molecular weight is 289 g/mol. The fourth-order valence-corrected chi connectivity index (χ4v) is 2.43. The van der Waals surface area contributed by atoms with E-state index >= 15 is 0 Å². The molecule has 4 nitrogen and oxygen atoms in total. The lowest BCUT2D eigenvalue weighted by molar-refractivity contribution is 0.0981. The van der Waals surface area contributed by atoms with E-state index in [9.17, 15) is 13.2 Å². The Hall–Kier alpha value is -2.14. The molecule has 2 aromatic carbocycles. The number of carbonyl (C=O) groups is 1. The molecule has 0 saturated carbocycles. The number of benzene rings is 2. The van der Waals surface area contributed by atoms with Crippen LogP contribution in [0, 0.1) is 6.92 Å². The maximum Gasteiger partial charge on any atom is 0.264 e. The van der Waals surface area contributed by atoms with Crippen LogP contribution in [0.5, 0.6) is 0 Å². The summed E-state index contributed by atoms with van der Waals surface area (Å²) in [5.41, 5.74) is 3.31. The van der Waals surface area contributed by atoms with Crippen LogP contribution >= 0.6 is 0 Å². The lowest BCUT2D eigenvalue weighted by Gasteiger charge is -2.09. The molecule has 5 heteroatoms. The molecule has 0 aromatic heterocycles. The van der Waals surface area contributed by atoms with Gasteiger partial charge in [-0.2, -0.15) is 0 Å². The predicted molar refractivity (Wildman–Crippen MR) is 78.9 cm³/mol. The highest BCUT2D eigenvalue weighted by Gasteiger charge is 2.12. The maximum atomic E-state index is 11.8. The molecule has 0 spiro atoms. The lowest BCUT2D eigenvalue weighted by Crippen LogP contribution is -2.29. The molecule has 0 radical (unpaired) electrons. The Balaban J connectivity index is 2.34. The fraction of sp³-hybridized carbons (Fsp3) is 0.133. The van der Waals surface area contributed by atoms with Gasteiger partial charge in [0, 0.05) is 5.56 Å². The van der Waals surface area contributed by atoms with E-state index < -0.39 is 15.9 Å². The second kappa shape index (κ2) is 5.46. The minimum absolute atomic E-state index is 0.326. The highest BCUT2D eigenvalue weighted by molar-refractivity contribution is 7.89. The van der Waals surface area contributed by atoms with E-state index in [0.717, 1.165) is 22.9 Å². The minimum atomic E-state index is -3.55. The van der Waals surface area contributed by atoms with Gasteiger partial charge in [0.05, 0.1) is 6.26 Å². The molecule has 0 atom stereocenters. The Labute approximate surface area is 118 Å². The van der Waals surface area contributed by atoms with Crippen molar-refractivity contribution in [3.8, 4) is 11.1 Å². The normalized spacial score (nSPS) is 11.1. The quantitative estimate of drug-likeness (QED) is 0.943. The first-order valence-electron chi connectivity index (χ1n) is 6.05. The van der Waals surface area contributed by atoms with Crippen LogP contribution in [0.1, 0.15) is 15.9 Å². The predicted octanol–water partition coefficient (Wildman–Crippen LogP) is 2.35. The third-order valence-electron chi connectivity index (χ3n) is 2.85. The van der Waals surface area contributed by atoms with Gasteiger partial charge in [0.2, 0.25) is 10.0 Å². The average Bonchev–Trinajstić information content (AvgIpc) is 2.37. The largest absolute Gasteiger partial charge is 0.268 e. The van der Waals surface area contributed by atoms with Crippen molar-refractivity contribution >= 4 is 15.9 Å². The zero-order valence-electron chi connectivity index (χ0n) is 11.3. The van der Waals surface area contributed by atoms with Gasteiger partial charge in [-0.3, -0.25) is 4.79 Å². The Bertz CT molecular complexity index is 737. The molecule has 2 aromatic rings. The Morgan fingerprint density at radius 2 is 1.70 bits per heavy atom. The maximum absolute atomic E-state index is 11.8. The van der Waals surface area contributed by atoms with E-state index in [2.05, 4.69) is 0 Å². The molecule has 2 rings (SSSR count). The van der Waals surface area contributed by atoms with Crippen LogP contribution in [-0.2, 0) is 10.0 Å². The molecular weight excluding hydrogens is 274 g/mol. The van der Waals surface area contributed by atoms with E-state index in [0.29, 0.717) is 5.56 Å². The summed E-state index contributed by atoms with van der Waals surface area (Å²) in [5.74, 6) is -0.616. The van der Waals surface area contributed by atoms with Crippen molar-refractivity contribution in [2.45, 2.75) is 6.92 Å². The number of nitrogens with one attached hydrogen (secondary N) is 1. The Morgan fingerprint density at radius 1 is 1.05 bits per heavy atom. The molecule has 0 fully saturated rings. The van der Waals surface area contributed by atoms with Crippen molar-refractivity contribution < 1.29 is 13.2 Å². The molecule has 104 valence electrons. The summed E-state index contributed by atoms with van der Waals surface area (Å²) in [7, 11) is -3.55. The summed E-state index contributed by atoms with van der Waals surface area (Å²) in [6.45, 7) is 1.89. The van der Waals surface area contributed by atoms with Crippen LogP contribution in [0.25, 0.3) is 11.1 Å². The van der Waals surface area contributed by atoms with Crippen molar-refractivity contribution in [3.05, 3.63) is 59.7 Å². The first-order chi connectivity index (χ1) is 9.37. The smallest absolute Gasteiger partial charge is 0.264 e. The van der Waals surface area contributed by atoms with Gasteiger partial charge in [0.15, 0.2) is 0 Å². The number of sulfonamides is 1. The van der Waals surface area contributed by atoms with Crippen molar-refractivity contribution in [1.82, 2.24) is 4.72 Å². The van der Waals surface area contributed by atoms with Gasteiger partial charge in [-0.15, -0.1) is 0 Å². The van der Waals surface area contributed by atoms with E-state index in [-0.39, 0.29) is 0 Å². The zero-order valence-corrected chi connectivity index (χ0v) is 12.1. The zero-order chi connectivity index (χ0) is 14.8. The standard InChI is InChI=1S/C15H15NO3S/c1-11-10-13(15(17)16-20(2,18)19)8-9-14(11)12-6-4-3-5-7-12/h3-10H,1-2H3,(H,16,17). The van der Waals surface area contributed by atoms with E-state index in [4.69, 9.17) is 0 Å². The molecule has 0 aliphatic carbocycles. The number of hydrogen-bond acceptors (Lipinski definition) is 3. The third kappa shape index (κ3) is 3.45. The summed E-state index contributed by atoms with van der Waals surface area (Å²) in [6, 6.07) is 14.9. The molecule has 0 heterocycles. The van der Waals surface area contributed by atoms with Gasteiger partial charge >= 0.3 is 0 Å². The lowest BCUT2D eigenvalue weighted by atomic mass is 9.98. The van der Waals surface area contributed by atoms with Crippen LogP contribution in [-0.4, -0.2) is 20.6 Å². The highest BCUT2D eigenvalue weighted by atomic mass is 32.2. The number of hydrogen-bond donors (Lipinski definition) is 1. The monoisotopic (exact) mass is 289 g/mol. The Morgan fingerprint density at radius 3 is 2.25 bits per heavy atom. The highest BCUT2D eigenvalue weighted by Crippen LogP contribution is 2.23. The summed E-state index contributed by atoms with van der Waals surface area (Å²) in [5, 5.41) is 0. The van der Waals surface area contributed by atoms with Gasteiger partial charge in [-0.25, -0.2) is 13.1 Å². The molecule has 20 heavy (non-hydrogen) atoms. The number of amides is 1. The number of carbonyl (C=O) groups excluding carboxylic acids is 1. The van der Waals surface area contributed by atoms with Gasteiger partial charge in [-0.05, 0) is 35.7 Å². The first-order valence-corrected chi connectivity index (χ1v) is 7.94. The van der Waals surface area contributed by atoms with Crippen molar-refractivity contribution in [3.63, 3.8) is 0 Å². The third-order valence-corrected chi connectivity index (χ3v) is 3.41. The summed E-state index contributed by atoms with van der Waals surface area (Å²) < 4.78 is 24.1. The minimum Gasteiger partial charge on any atom is -0.268 e. The molecule has 0 saturated heterocycles. The topological polar surface area (TPSA) is 63.2 Å². The Kier molecular flexibility index (Phi) is 3.90. The SMILES string of the molecule is Cc1cc(C(=O)NS(C)(=O)=O)ccc1-c1ccccc1.